The van der Waals surface area contributed by atoms with Gasteiger partial charge in [-0.3, -0.25) is 0 Å². The molecule has 0 amide bonds. The first-order chi connectivity index (χ1) is 23.2. The summed E-state index contributed by atoms with van der Waals surface area (Å²) >= 11 is 0. The van der Waals surface area contributed by atoms with Crippen molar-refractivity contribution in [3.05, 3.63) is 98.6 Å². The van der Waals surface area contributed by atoms with Gasteiger partial charge < -0.3 is 14.9 Å². The fraction of sp³-hybridized carbons (Fsp3) is 0.394. The van der Waals surface area contributed by atoms with E-state index in [2.05, 4.69) is 15.4 Å². The Bertz CT molecular complexity index is 1850. The van der Waals surface area contributed by atoms with Crippen LogP contribution in [0.1, 0.15) is 73.7 Å². The number of tetrazole rings is 1. The van der Waals surface area contributed by atoms with E-state index in [0.717, 1.165) is 4.80 Å². The quantitative estimate of drug-likeness (QED) is 0.184. The van der Waals surface area contributed by atoms with E-state index in [9.17, 15) is 49.4 Å². The van der Waals surface area contributed by atoms with E-state index in [1.165, 1.54) is 44.0 Å². The molecular weight excluding hydrogens is 683 g/mol. The zero-order valence-electron chi connectivity index (χ0n) is 26.9. The van der Waals surface area contributed by atoms with Crippen LogP contribution in [-0.4, -0.2) is 44.4 Å². The van der Waals surface area contributed by atoms with Gasteiger partial charge in [-0.05, 0) is 96.5 Å². The number of fused-ring (bicyclic) bond motifs is 1. The number of hydrogen-bond donors (Lipinski definition) is 1. The lowest BCUT2D eigenvalue weighted by atomic mass is 9.90. The summed E-state index contributed by atoms with van der Waals surface area (Å²) in [5.41, 5.74) is -3.29. The first kappa shape index (κ1) is 36.5. The SMILES string of the molecule is Cc1cc2c(c(C)c1C(F)(F)F)N(CCc1cccc(C(=O)O)c1)CCCC2N(Cc1cc(C(F)(F)F)cc(C(F)(F)F)c1)c1nnn(C)n1. The zero-order valence-corrected chi connectivity index (χ0v) is 26.9. The van der Waals surface area contributed by atoms with Gasteiger partial charge in [0, 0.05) is 25.3 Å². The number of nitrogens with zero attached hydrogens (tertiary/aromatic N) is 6. The summed E-state index contributed by atoms with van der Waals surface area (Å²) in [6, 6.07) is 7.79. The van der Waals surface area contributed by atoms with Gasteiger partial charge in [0.1, 0.15) is 0 Å². The highest BCUT2D eigenvalue weighted by Crippen LogP contribution is 2.46. The topological polar surface area (TPSA) is 87.4 Å². The molecule has 0 bridgehead atoms. The summed E-state index contributed by atoms with van der Waals surface area (Å²) < 4.78 is 126. The van der Waals surface area contributed by atoms with E-state index >= 15 is 0 Å². The minimum Gasteiger partial charge on any atom is -0.478 e. The number of aryl methyl sites for hydroxylation is 2. The van der Waals surface area contributed by atoms with E-state index in [-0.39, 0.29) is 65.9 Å². The van der Waals surface area contributed by atoms with Crippen molar-refractivity contribution in [3.63, 3.8) is 0 Å². The van der Waals surface area contributed by atoms with Crippen molar-refractivity contribution < 1.29 is 49.4 Å². The monoisotopic (exact) mass is 714 g/mol. The van der Waals surface area contributed by atoms with Crippen molar-refractivity contribution >= 4 is 17.6 Å². The molecule has 8 nitrogen and oxygen atoms in total. The average Bonchev–Trinajstić information content (AvgIpc) is 3.35. The van der Waals surface area contributed by atoms with Crippen molar-refractivity contribution in [1.29, 1.82) is 0 Å². The fourth-order valence-electron chi connectivity index (χ4n) is 6.55. The third-order valence-electron chi connectivity index (χ3n) is 8.61. The molecule has 1 atom stereocenters. The van der Waals surface area contributed by atoms with Crippen molar-refractivity contribution in [2.24, 2.45) is 7.05 Å². The van der Waals surface area contributed by atoms with Gasteiger partial charge in [-0.2, -0.15) is 44.3 Å². The second-order valence-electron chi connectivity index (χ2n) is 12.2. The lowest BCUT2D eigenvalue weighted by Crippen LogP contribution is -2.31. The van der Waals surface area contributed by atoms with Crippen LogP contribution in [0.4, 0.5) is 51.1 Å². The van der Waals surface area contributed by atoms with E-state index in [1.54, 1.807) is 17.0 Å². The summed E-state index contributed by atoms with van der Waals surface area (Å²) in [6.07, 6.45) is -14.1. The maximum Gasteiger partial charge on any atom is 0.416 e. The van der Waals surface area contributed by atoms with Gasteiger partial charge in [0.05, 0.1) is 35.3 Å². The van der Waals surface area contributed by atoms with Crippen LogP contribution in [0.3, 0.4) is 0 Å². The number of rotatable bonds is 8. The Balaban J connectivity index is 1.66. The van der Waals surface area contributed by atoms with Gasteiger partial charge in [0.25, 0.3) is 5.95 Å². The number of alkyl halides is 9. The molecule has 1 unspecified atom stereocenters. The van der Waals surface area contributed by atoms with Gasteiger partial charge in [-0.25, -0.2) is 4.79 Å². The predicted molar refractivity (Wildman–Crippen MR) is 164 cm³/mol. The summed E-state index contributed by atoms with van der Waals surface area (Å²) in [6.45, 7) is 2.46. The molecular formula is C33H31F9N6O2. The maximum atomic E-state index is 14.5. The molecule has 17 heteroatoms. The van der Waals surface area contributed by atoms with Crippen LogP contribution in [0.2, 0.25) is 0 Å². The first-order valence-electron chi connectivity index (χ1n) is 15.3. The van der Waals surface area contributed by atoms with Gasteiger partial charge >= 0.3 is 24.5 Å². The van der Waals surface area contributed by atoms with Gasteiger partial charge in [-0.15, -0.1) is 5.10 Å². The number of aromatic carboxylic acids is 1. The zero-order chi connectivity index (χ0) is 36.8. The highest BCUT2D eigenvalue weighted by atomic mass is 19.4. The molecule has 1 aliphatic rings. The Labute approximate surface area is 280 Å². The third kappa shape index (κ3) is 7.81. The number of carboxylic acids is 1. The van der Waals surface area contributed by atoms with E-state index in [0.29, 0.717) is 29.7 Å². The van der Waals surface area contributed by atoms with Crippen LogP contribution in [-0.2, 0) is 38.5 Å². The molecule has 1 aliphatic heterocycles. The fourth-order valence-corrected chi connectivity index (χ4v) is 6.55. The largest absolute Gasteiger partial charge is 0.478 e. The molecule has 5 rings (SSSR count). The summed E-state index contributed by atoms with van der Waals surface area (Å²) in [7, 11) is 1.41. The molecule has 0 spiro atoms. The predicted octanol–water partition coefficient (Wildman–Crippen LogP) is 8.17. The molecule has 50 heavy (non-hydrogen) atoms. The van der Waals surface area contributed by atoms with E-state index in [4.69, 9.17) is 0 Å². The van der Waals surface area contributed by atoms with Crippen LogP contribution in [0.5, 0.6) is 0 Å². The minimum absolute atomic E-state index is 0.0186. The van der Waals surface area contributed by atoms with Gasteiger partial charge in [-0.1, -0.05) is 23.3 Å². The Morgan fingerprint density at radius 1 is 0.920 bits per heavy atom. The number of anilines is 2. The van der Waals surface area contributed by atoms with E-state index in [1.807, 2.05) is 0 Å². The molecule has 0 saturated heterocycles. The molecule has 1 N–H and O–H groups in total. The molecule has 4 aromatic rings. The van der Waals surface area contributed by atoms with Crippen LogP contribution in [0.25, 0.3) is 0 Å². The molecule has 2 heterocycles. The lowest BCUT2D eigenvalue weighted by molar-refractivity contribution is -0.143. The highest BCUT2D eigenvalue weighted by Gasteiger charge is 2.41. The van der Waals surface area contributed by atoms with Crippen molar-refractivity contribution in [2.45, 2.75) is 64.2 Å². The van der Waals surface area contributed by atoms with Crippen molar-refractivity contribution in [3.8, 4) is 0 Å². The smallest absolute Gasteiger partial charge is 0.416 e. The summed E-state index contributed by atoms with van der Waals surface area (Å²) in [5, 5.41) is 21.4. The average molecular weight is 715 g/mol. The van der Waals surface area contributed by atoms with Crippen LogP contribution < -0.4 is 9.80 Å². The number of halogens is 9. The molecule has 1 aromatic heterocycles. The van der Waals surface area contributed by atoms with Crippen molar-refractivity contribution in [2.75, 3.05) is 22.9 Å². The Morgan fingerprint density at radius 3 is 2.14 bits per heavy atom. The van der Waals surface area contributed by atoms with Crippen LogP contribution >= 0.6 is 0 Å². The molecule has 0 aliphatic carbocycles. The Hall–Kier alpha value is -4.83. The molecule has 268 valence electrons. The number of carbonyl (C=O) groups is 1. The highest BCUT2D eigenvalue weighted by molar-refractivity contribution is 5.87. The molecule has 0 fully saturated rings. The molecule has 0 radical (unpaired) electrons. The maximum absolute atomic E-state index is 14.5. The standard InChI is InChI=1S/C33H31F9N6O2/c1-18-12-25-26(48(30-43-45-46(3)44-30)17-21-14-23(31(34,35)36)16-24(15-21)32(37,38)39)8-5-10-47(28(25)19(2)27(18)33(40,41)42)11-9-20-6-4-7-22(13-20)29(49)50/h4,6-7,12-16,26H,5,8-11,17H2,1-3H3,(H,49,50). The van der Waals surface area contributed by atoms with Crippen LogP contribution in [0, 0.1) is 13.8 Å². The molecule has 3 aromatic carbocycles. The summed E-state index contributed by atoms with van der Waals surface area (Å²) in [5.74, 6) is -1.29. The number of aromatic nitrogens is 4. The second-order valence-corrected chi connectivity index (χ2v) is 12.2. The first-order valence-corrected chi connectivity index (χ1v) is 15.3. The van der Waals surface area contributed by atoms with Gasteiger partial charge in [0.2, 0.25) is 0 Å². The second kappa shape index (κ2) is 13.5. The lowest BCUT2D eigenvalue weighted by Gasteiger charge is -2.34. The normalized spacial score (nSPS) is 15.5. The molecule has 0 saturated carbocycles. The Kier molecular flexibility index (Phi) is 9.82. The minimum atomic E-state index is -5.10. The summed E-state index contributed by atoms with van der Waals surface area (Å²) in [4.78, 5) is 15.7. The van der Waals surface area contributed by atoms with Crippen LogP contribution in [0.15, 0.2) is 48.5 Å². The van der Waals surface area contributed by atoms with Gasteiger partial charge in [0.15, 0.2) is 0 Å². The Morgan fingerprint density at radius 2 is 1.58 bits per heavy atom. The van der Waals surface area contributed by atoms with Crippen molar-refractivity contribution in [1.82, 2.24) is 20.2 Å². The van der Waals surface area contributed by atoms with E-state index < -0.39 is 53.8 Å². The number of benzene rings is 3. The number of carboxylic acid groups (broad SMARTS) is 1. The number of hydrogen-bond acceptors (Lipinski definition) is 6. The third-order valence-corrected chi connectivity index (χ3v) is 8.61.